The van der Waals surface area contributed by atoms with E-state index in [1.54, 1.807) is 12.1 Å². The fourth-order valence-corrected chi connectivity index (χ4v) is 6.38. The summed E-state index contributed by atoms with van der Waals surface area (Å²) in [5, 5.41) is 10.3. The summed E-state index contributed by atoms with van der Waals surface area (Å²) in [5.41, 5.74) is 2.48. The minimum absolute atomic E-state index is 0.0802. The molecule has 0 aliphatic carbocycles. The van der Waals surface area contributed by atoms with E-state index in [0.29, 0.717) is 33.6 Å². The van der Waals surface area contributed by atoms with Gasteiger partial charge in [-0.05, 0) is 80.1 Å². The maximum atomic E-state index is 14.2. The van der Waals surface area contributed by atoms with Crippen molar-refractivity contribution in [1.82, 2.24) is 9.88 Å². The summed E-state index contributed by atoms with van der Waals surface area (Å²) in [5.74, 6) is -0.789. The first-order chi connectivity index (χ1) is 16.7. The van der Waals surface area contributed by atoms with Gasteiger partial charge in [0.25, 0.3) is 0 Å². The van der Waals surface area contributed by atoms with Gasteiger partial charge in [0, 0.05) is 37.5 Å². The molecule has 2 fully saturated rings. The topological polar surface area (TPSA) is 73.7 Å². The van der Waals surface area contributed by atoms with Gasteiger partial charge in [-0.2, -0.15) is 0 Å². The highest BCUT2D eigenvalue weighted by molar-refractivity contribution is 7.90. The first-order valence-corrected chi connectivity index (χ1v) is 14.3. The number of hydrogen-bond acceptors (Lipinski definition) is 6. The molecule has 0 bridgehead atoms. The van der Waals surface area contributed by atoms with Crippen LogP contribution in [-0.2, 0) is 9.84 Å². The Hall–Kier alpha value is -2.42. The summed E-state index contributed by atoms with van der Waals surface area (Å²) in [6.45, 7) is 5.01. The van der Waals surface area contributed by atoms with Gasteiger partial charge in [0.1, 0.15) is 4.90 Å². The summed E-state index contributed by atoms with van der Waals surface area (Å²) >= 11 is 6.01. The number of anilines is 1. The van der Waals surface area contributed by atoms with Crippen molar-refractivity contribution < 1.29 is 17.9 Å². The second-order valence-electron chi connectivity index (χ2n) is 9.70. The lowest BCUT2D eigenvalue weighted by Gasteiger charge is -2.36. The number of halogens is 2. The molecular weight excluding hydrogens is 489 g/mol. The molecule has 0 amide bonds. The predicted octanol–water partition coefficient (Wildman–Crippen LogP) is 5.12. The Labute approximate surface area is 210 Å². The number of sulfone groups is 1. The van der Waals surface area contributed by atoms with Gasteiger partial charge in [0.2, 0.25) is 0 Å². The smallest absolute Gasteiger partial charge is 0.179 e. The van der Waals surface area contributed by atoms with Crippen LogP contribution in [0.5, 0.6) is 5.75 Å². The minimum atomic E-state index is -3.53. The molecule has 0 atom stereocenters. The zero-order valence-corrected chi connectivity index (χ0v) is 21.2. The van der Waals surface area contributed by atoms with Crippen LogP contribution in [-0.4, -0.2) is 62.4 Å². The van der Waals surface area contributed by atoms with E-state index in [4.69, 9.17) is 11.6 Å². The van der Waals surface area contributed by atoms with Crippen LogP contribution in [0.2, 0.25) is 5.02 Å². The molecule has 1 N–H and O–H groups in total. The number of pyridine rings is 1. The minimum Gasteiger partial charge on any atom is -0.504 e. The number of rotatable bonds is 5. The standard InChI is InChI=1S/C26H29ClFN3O3S/c1-35(33,34)24-15-29-23-5-4-18(19-13-21(27)26(32)22(28)14-19)12-20(23)25(24)31-10-6-17(7-11-31)16-30-8-2-3-9-30/h4-5,12-15,17,32H,2-3,6-11,16H2,1H3. The van der Waals surface area contributed by atoms with Crippen molar-refractivity contribution in [2.45, 2.75) is 30.6 Å². The van der Waals surface area contributed by atoms with Crippen molar-refractivity contribution in [3.8, 4) is 16.9 Å². The van der Waals surface area contributed by atoms with Gasteiger partial charge in [-0.15, -0.1) is 0 Å². The molecule has 0 radical (unpaired) electrons. The third-order valence-electron chi connectivity index (χ3n) is 7.20. The van der Waals surface area contributed by atoms with Crippen molar-refractivity contribution in [2.75, 3.05) is 43.9 Å². The zero-order chi connectivity index (χ0) is 24.7. The molecule has 35 heavy (non-hydrogen) atoms. The van der Waals surface area contributed by atoms with Crippen LogP contribution in [0, 0.1) is 11.7 Å². The first-order valence-electron chi connectivity index (χ1n) is 12.0. The van der Waals surface area contributed by atoms with Crippen molar-refractivity contribution in [2.24, 2.45) is 5.92 Å². The highest BCUT2D eigenvalue weighted by Crippen LogP contribution is 2.39. The number of phenols is 1. The number of aromatic hydroxyl groups is 1. The molecule has 0 saturated carbocycles. The Morgan fingerprint density at radius 1 is 1.09 bits per heavy atom. The molecule has 1 aromatic heterocycles. The van der Waals surface area contributed by atoms with E-state index in [0.717, 1.165) is 32.5 Å². The summed E-state index contributed by atoms with van der Waals surface area (Å²) in [6, 6.07) is 8.16. The normalized spacial score (nSPS) is 18.0. The van der Waals surface area contributed by atoms with E-state index in [2.05, 4.69) is 14.8 Å². The van der Waals surface area contributed by atoms with E-state index in [9.17, 15) is 17.9 Å². The highest BCUT2D eigenvalue weighted by Gasteiger charge is 2.28. The predicted molar refractivity (Wildman–Crippen MR) is 138 cm³/mol. The Balaban J connectivity index is 1.54. The highest BCUT2D eigenvalue weighted by atomic mass is 35.5. The molecule has 0 unspecified atom stereocenters. The third-order valence-corrected chi connectivity index (χ3v) is 8.59. The quantitative estimate of drug-likeness (QED) is 0.506. The van der Waals surface area contributed by atoms with Crippen molar-refractivity contribution in [3.63, 3.8) is 0 Å². The largest absolute Gasteiger partial charge is 0.504 e. The van der Waals surface area contributed by atoms with Crippen LogP contribution in [0.25, 0.3) is 22.0 Å². The number of aromatic nitrogens is 1. The number of hydrogen-bond donors (Lipinski definition) is 1. The molecule has 0 spiro atoms. The number of likely N-dealkylation sites (tertiary alicyclic amines) is 1. The number of fused-ring (bicyclic) bond motifs is 1. The van der Waals surface area contributed by atoms with E-state index in [1.807, 2.05) is 6.07 Å². The molecule has 2 saturated heterocycles. The SMILES string of the molecule is CS(=O)(=O)c1cnc2ccc(-c3cc(F)c(O)c(Cl)c3)cc2c1N1CCC(CN2CCCC2)CC1. The molecule has 2 aliphatic rings. The summed E-state index contributed by atoms with van der Waals surface area (Å²) < 4.78 is 39.7. The molecule has 5 rings (SSSR count). The van der Waals surface area contributed by atoms with E-state index >= 15 is 0 Å². The van der Waals surface area contributed by atoms with Crippen molar-refractivity contribution in [1.29, 1.82) is 0 Å². The Kier molecular flexibility index (Phi) is 6.63. The average molecular weight is 518 g/mol. The fraction of sp³-hybridized carbons (Fsp3) is 0.423. The van der Waals surface area contributed by atoms with E-state index in [1.165, 1.54) is 50.5 Å². The van der Waals surface area contributed by atoms with Crippen LogP contribution in [0.1, 0.15) is 25.7 Å². The summed E-state index contributed by atoms with van der Waals surface area (Å²) in [6.07, 6.45) is 7.21. The van der Waals surface area contributed by atoms with Gasteiger partial charge in [0.15, 0.2) is 21.4 Å². The molecular formula is C26H29ClFN3O3S. The average Bonchev–Trinajstić information content (AvgIpc) is 3.34. The van der Waals surface area contributed by atoms with Crippen LogP contribution in [0.15, 0.2) is 41.4 Å². The van der Waals surface area contributed by atoms with E-state index < -0.39 is 21.4 Å². The monoisotopic (exact) mass is 517 g/mol. The molecule has 3 heterocycles. The van der Waals surface area contributed by atoms with Gasteiger partial charge in [0.05, 0.1) is 16.2 Å². The van der Waals surface area contributed by atoms with E-state index in [-0.39, 0.29) is 9.92 Å². The lowest BCUT2D eigenvalue weighted by molar-refractivity contribution is 0.249. The van der Waals surface area contributed by atoms with Gasteiger partial charge in [-0.3, -0.25) is 4.98 Å². The van der Waals surface area contributed by atoms with Crippen LogP contribution in [0.3, 0.4) is 0 Å². The fourth-order valence-electron chi connectivity index (χ4n) is 5.34. The van der Waals surface area contributed by atoms with Crippen molar-refractivity contribution >= 4 is 38.0 Å². The summed E-state index contributed by atoms with van der Waals surface area (Å²) in [7, 11) is -3.53. The second-order valence-corrected chi connectivity index (χ2v) is 12.1. The molecule has 186 valence electrons. The van der Waals surface area contributed by atoms with Gasteiger partial charge in [-0.25, -0.2) is 12.8 Å². The second kappa shape index (κ2) is 9.56. The lowest BCUT2D eigenvalue weighted by atomic mass is 9.95. The first kappa shape index (κ1) is 24.3. The molecule has 6 nitrogen and oxygen atoms in total. The molecule has 2 aliphatic heterocycles. The van der Waals surface area contributed by atoms with Gasteiger partial charge < -0.3 is 14.9 Å². The maximum absolute atomic E-state index is 14.2. The Bertz CT molecular complexity index is 1340. The molecule has 3 aromatic rings. The number of piperidine rings is 1. The number of benzene rings is 2. The Morgan fingerprint density at radius 3 is 2.46 bits per heavy atom. The van der Waals surface area contributed by atoms with Gasteiger partial charge >= 0.3 is 0 Å². The zero-order valence-electron chi connectivity index (χ0n) is 19.7. The maximum Gasteiger partial charge on any atom is 0.179 e. The van der Waals surface area contributed by atoms with Gasteiger partial charge in [-0.1, -0.05) is 17.7 Å². The number of nitrogens with zero attached hydrogens (tertiary/aromatic N) is 3. The van der Waals surface area contributed by atoms with Crippen LogP contribution >= 0.6 is 11.6 Å². The molecule has 9 heteroatoms. The molecule has 2 aromatic carbocycles. The third kappa shape index (κ3) is 4.97. The Morgan fingerprint density at radius 2 is 1.80 bits per heavy atom. The van der Waals surface area contributed by atoms with Crippen LogP contribution in [0.4, 0.5) is 10.1 Å². The van der Waals surface area contributed by atoms with Crippen molar-refractivity contribution in [3.05, 3.63) is 47.4 Å². The summed E-state index contributed by atoms with van der Waals surface area (Å²) in [4.78, 5) is 9.32. The lowest BCUT2D eigenvalue weighted by Crippen LogP contribution is -2.38. The number of phenolic OH excluding ortho intramolecular Hbond substituents is 1. The van der Waals surface area contributed by atoms with Crippen LogP contribution < -0.4 is 4.90 Å².